The summed E-state index contributed by atoms with van der Waals surface area (Å²) in [6.45, 7) is 2.21. The number of halogens is 1. The first kappa shape index (κ1) is 12.8. The van der Waals surface area contributed by atoms with Crippen LogP contribution in [0.15, 0.2) is 35.1 Å². The topological polar surface area (TPSA) is 55.1 Å². The predicted octanol–water partition coefficient (Wildman–Crippen LogP) is 2.81. The molecular weight excluding hydrogens is 296 g/mol. The number of nitrogens with one attached hydrogen (secondary N) is 1. The molecule has 0 aliphatic carbocycles. The molecule has 0 aliphatic rings. The highest BCUT2D eigenvalue weighted by Gasteiger charge is 2.13. The number of aromatic nitrogens is 1. The lowest BCUT2D eigenvalue weighted by Gasteiger charge is -2.05. The molecule has 0 unspecified atom stereocenters. The molecule has 1 amide bonds. The molecule has 94 valence electrons. The molecule has 5 heteroatoms. The summed E-state index contributed by atoms with van der Waals surface area (Å²) in [4.78, 5) is 15.7. The molecule has 1 aromatic heterocycles. The van der Waals surface area contributed by atoms with Crippen molar-refractivity contribution in [2.75, 3.05) is 0 Å². The highest BCUT2D eigenvalue weighted by Crippen LogP contribution is 2.09. The molecule has 1 N–H and O–H groups in total. The Morgan fingerprint density at radius 1 is 1.44 bits per heavy atom. The Labute approximate surface area is 114 Å². The monoisotopic (exact) mass is 308 g/mol. The fraction of sp³-hybridized carbons (Fsp3) is 0.231. The van der Waals surface area contributed by atoms with Gasteiger partial charge in [0, 0.05) is 11.9 Å². The molecule has 0 radical (unpaired) electrons. The molecular formula is C13H13BrN2O2. The number of hydrogen-bond donors (Lipinski definition) is 1. The van der Waals surface area contributed by atoms with Gasteiger partial charge in [-0.25, -0.2) is 4.98 Å². The van der Waals surface area contributed by atoms with E-state index in [0.717, 1.165) is 10.9 Å². The zero-order chi connectivity index (χ0) is 13.0. The smallest absolute Gasteiger partial charge is 0.289 e. The third-order valence-electron chi connectivity index (χ3n) is 2.55. The number of carbonyl (C=O) groups is 1. The van der Waals surface area contributed by atoms with Crippen LogP contribution >= 0.6 is 15.9 Å². The summed E-state index contributed by atoms with van der Waals surface area (Å²) in [7, 11) is 0. The molecule has 0 aliphatic heterocycles. The fourth-order valence-corrected chi connectivity index (χ4v) is 1.95. The van der Waals surface area contributed by atoms with E-state index >= 15 is 0 Å². The van der Waals surface area contributed by atoms with Crippen molar-refractivity contribution in [2.24, 2.45) is 0 Å². The average Bonchev–Trinajstić information content (AvgIpc) is 2.82. The van der Waals surface area contributed by atoms with Crippen molar-refractivity contribution in [3.8, 4) is 0 Å². The molecule has 2 rings (SSSR count). The SMILES string of the molecule is Cc1ncoc1C(=O)NCc1cccc(CBr)c1. The van der Waals surface area contributed by atoms with Crippen molar-refractivity contribution in [2.45, 2.75) is 18.8 Å². The summed E-state index contributed by atoms with van der Waals surface area (Å²) >= 11 is 3.40. The number of carbonyl (C=O) groups excluding carboxylic acids is 1. The number of alkyl halides is 1. The molecule has 18 heavy (non-hydrogen) atoms. The molecule has 0 atom stereocenters. The van der Waals surface area contributed by atoms with E-state index in [2.05, 4.69) is 26.2 Å². The van der Waals surface area contributed by atoms with Crippen LogP contribution in [0.25, 0.3) is 0 Å². The van der Waals surface area contributed by atoms with E-state index in [-0.39, 0.29) is 11.7 Å². The second-order valence-electron chi connectivity index (χ2n) is 3.90. The molecule has 1 heterocycles. The summed E-state index contributed by atoms with van der Waals surface area (Å²) in [6, 6.07) is 8.01. The van der Waals surface area contributed by atoms with E-state index in [9.17, 15) is 4.79 Å². The van der Waals surface area contributed by atoms with E-state index in [0.29, 0.717) is 12.2 Å². The largest absolute Gasteiger partial charge is 0.438 e. The molecule has 0 spiro atoms. The van der Waals surface area contributed by atoms with Crippen LogP contribution in [0.1, 0.15) is 27.4 Å². The first-order chi connectivity index (χ1) is 8.70. The van der Waals surface area contributed by atoms with Crippen LogP contribution < -0.4 is 5.32 Å². The fourth-order valence-electron chi connectivity index (χ4n) is 1.61. The third kappa shape index (κ3) is 2.98. The van der Waals surface area contributed by atoms with E-state index in [1.165, 1.54) is 12.0 Å². The van der Waals surface area contributed by atoms with E-state index < -0.39 is 0 Å². The van der Waals surface area contributed by atoms with Crippen LogP contribution in [-0.2, 0) is 11.9 Å². The normalized spacial score (nSPS) is 10.3. The Balaban J connectivity index is 1.99. The van der Waals surface area contributed by atoms with Gasteiger partial charge in [0.2, 0.25) is 5.76 Å². The third-order valence-corrected chi connectivity index (χ3v) is 3.20. The second-order valence-corrected chi connectivity index (χ2v) is 4.46. The number of amides is 1. The minimum Gasteiger partial charge on any atom is -0.438 e. The standard InChI is InChI=1S/C13H13BrN2O2/c1-9-12(18-8-16-9)13(17)15-7-11-4-2-3-10(5-11)6-14/h2-5,8H,6-7H2,1H3,(H,15,17). The second kappa shape index (κ2) is 5.82. The Bertz CT molecular complexity index is 551. The van der Waals surface area contributed by atoms with Gasteiger partial charge in [-0.1, -0.05) is 40.2 Å². The van der Waals surface area contributed by atoms with Crippen molar-refractivity contribution in [1.82, 2.24) is 10.3 Å². The van der Waals surface area contributed by atoms with Crippen molar-refractivity contribution < 1.29 is 9.21 Å². The quantitative estimate of drug-likeness (QED) is 0.884. The highest BCUT2D eigenvalue weighted by molar-refractivity contribution is 9.08. The zero-order valence-electron chi connectivity index (χ0n) is 9.94. The van der Waals surface area contributed by atoms with Crippen LogP contribution in [0.3, 0.4) is 0 Å². The minimum atomic E-state index is -0.241. The van der Waals surface area contributed by atoms with Crippen molar-refractivity contribution in [3.63, 3.8) is 0 Å². The molecule has 0 saturated heterocycles. The summed E-state index contributed by atoms with van der Waals surface area (Å²) < 4.78 is 5.03. The Morgan fingerprint density at radius 3 is 2.89 bits per heavy atom. The van der Waals surface area contributed by atoms with Gasteiger partial charge in [0.15, 0.2) is 6.39 Å². The lowest BCUT2D eigenvalue weighted by atomic mass is 10.1. The van der Waals surface area contributed by atoms with Crippen molar-refractivity contribution >= 4 is 21.8 Å². The first-order valence-corrected chi connectivity index (χ1v) is 6.65. The van der Waals surface area contributed by atoms with E-state index in [1.807, 2.05) is 24.3 Å². The molecule has 1 aromatic carbocycles. The number of rotatable bonds is 4. The van der Waals surface area contributed by atoms with Gasteiger partial charge < -0.3 is 9.73 Å². The average molecular weight is 309 g/mol. The van der Waals surface area contributed by atoms with Gasteiger partial charge in [-0.15, -0.1) is 0 Å². The molecule has 0 fully saturated rings. The molecule has 0 saturated carbocycles. The number of benzene rings is 1. The van der Waals surface area contributed by atoms with Gasteiger partial charge in [-0.05, 0) is 18.1 Å². The maximum Gasteiger partial charge on any atom is 0.289 e. The number of nitrogens with zero attached hydrogens (tertiary/aromatic N) is 1. The van der Waals surface area contributed by atoms with Crippen LogP contribution in [-0.4, -0.2) is 10.9 Å². The number of hydrogen-bond acceptors (Lipinski definition) is 3. The predicted molar refractivity (Wildman–Crippen MR) is 71.5 cm³/mol. The maximum absolute atomic E-state index is 11.8. The Hall–Kier alpha value is -1.62. The van der Waals surface area contributed by atoms with Gasteiger partial charge >= 0.3 is 0 Å². The van der Waals surface area contributed by atoms with E-state index in [4.69, 9.17) is 4.42 Å². The Morgan fingerprint density at radius 2 is 2.22 bits per heavy atom. The van der Waals surface area contributed by atoms with Gasteiger partial charge in [0.05, 0.1) is 5.69 Å². The van der Waals surface area contributed by atoms with Crippen LogP contribution in [0.5, 0.6) is 0 Å². The lowest BCUT2D eigenvalue weighted by molar-refractivity contribution is 0.0922. The maximum atomic E-state index is 11.8. The van der Waals surface area contributed by atoms with Crippen molar-refractivity contribution in [3.05, 3.63) is 53.2 Å². The number of oxazole rings is 1. The van der Waals surface area contributed by atoms with Gasteiger partial charge in [-0.3, -0.25) is 4.79 Å². The zero-order valence-corrected chi connectivity index (χ0v) is 11.5. The first-order valence-electron chi connectivity index (χ1n) is 5.53. The summed E-state index contributed by atoms with van der Waals surface area (Å²) in [5, 5.41) is 3.61. The highest BCUT2D eigenvalue weighted by atomic mass is 79.9. The van der Waals surface area contributed by atoms with Gasteiger partial charge in [-0.2, -0.15) is 0 Å². The van der Waals surface area contributed by atoms with Gasteiger partial charge in [0.1, 0.15) is 0 Å². The summed E-state index contributed by atoms with van der Waals surface area (Å²) in [6.07, 6.45) is 1.27. The molecule has 4 nitrogen and oxygen atoms in total. The van der Waals surface area contributed by atoms with Crippen LogP contribution in [0.4, 0.5) is 0 Å². The van der Waals surface area contributed by atoms with Crippen molar-refractivity contribution in [1.29, 1.82) is 0 Å². The molecule has 0 bridgehead atoms. The van der Waals surface area contributed by atoms with E-state index in [1.54, 1.807) is 6.92 Å². The Kier molecular flexibility index (Phi) is 4.15. The summed E-state index contributed by atoms with van der Waals surface area (Å²) in [5.74, 6) is 0.0286. The molecule has 2 aromatic rings. The van der Waals surface area contributed by atoms with Crippen LogP contribution in [0.2, 0.25) is 0 Å². The summed E-state index contributed by atoms with van der Waals surface area (Å²) in [5.41, 5.74) is 2.83. The minimum absolute atomic E-state index is 0.241. The van der Waals surface area contributed by atoms with Crippen LogP contribution in [0, 0.1) is 6.92 Å². The van der Waals surface area contributed by atoms with Gasteiger partial charge in [0.25, 0.3) is 5.91 Å². The number of aryl methyl sites for hydroxylation is 1. The lowest BCUT2D eigenvalue weighted by Crippen LogP contribution is -2.23.